The second kappa shape index (κ2) is 6.09. The Balaban J connectivity index is 2.20. The minimum Gasteiger partial charge on any atom is -0.481 e. The lowest BCUT2D eigenvalue weighted by atomic mass is 10.1. The molecule has 0 spiro atoms. The number of aliphatic carboxylic acids is 1. The highest BCUT2D eigenvalue weighted by atomic mass is 35.5. The average molecular weight is 313 g/mol. The maximum atomic E-state index is 12.4. The molecule has 1 aliphatic heterocycles. The molecule has 1 saturated heterocycles. The molecule has 1 aromatic carbocycles. The van der Waals surface area contributed by atoms with E-state index >= 15 is 0 Å². The van der Waals surface area contributed by atoms with Gasteiger partial charge in [0.05, 0.1) is 4.92 Å². The number of benzene rings is 1. The summed E-state index contributed by atoms with van der Waals surface area (Å²) in [6.45, 7) is 0.676. The van der Waals surface area contributed by atoms with E-state index in [1.807, 2.05) is 0 Å². The molecule has 1 unspecified atom stereocenters. The zero-order valence-corrected chi connectivity index (χ0v) is 11.7. The third-order valence-electron chi connectivity index (χ3n) is 3.44. The summed E-state index contributed by atoms with van der Waals surface area (Å²) >= 11 is 5.78. The Bertz CT molecular complexity index is 604. The van der Waals surface area contributed by atoms with Crippen molar-refractivity contribution in [3.05, 3.63) is 38.9 Å². The van der Waals surface area contributed by atoms with E-state index in [1.165, 1.54) is 23.1 Å². The summed E-state index contributed by atoms with van der Waals surface area (Å²) in [6, 6.07) is 4.19. The number of carbonyl (C=O) groups excluding carboxylic acids is 1. The van der Waals surface area contributed by atoms with Gasteiger partial charge in [-0.25, -0.2) is 0 Å². The number of nitro benzene ring substituents is 1. The molecule has 1 atom stereocenters. The molecule has 1 aliphatic rings. The van der Waals surface area contributed by atoms with E-state index in [1.54, 1.807) is 0 Å². The van der Waals surface area contributed by atoms with Gasteiger partial charge in [0, 0.05) is 19.5 Å². The van der Waals surface area contributed by atoms with Crippen LogP contribution in [0.15, 0.2) is 18.2 Å². The highest BCUT2D eigenvalue weighted by Crippen LogP contribution is 2.30. The normalized spacial score (nSPS) is 17.8. The lowest BCUT2D eigenvalue weighted by Gasteiger charge is -2.16. The van der Waals surface area contributed by atoms with E-state index in [4.69, 9.17) is 16.7 Å². The highest BCUT2D eigenvalue weighted by Gasteiger charge is 2.32. The van der Waals surface area contributed by atoms with Gasteiger partial charge in [0.15, 0.2) is 0 Å². The van der Waals surface area contributed by atoms with Crippen molar-refractivity contribution >= 4 is 29.2 Å². The molecular formula is C13H13ClN2O5. The van der Waals surface area contributed by atoms with Gasteiger partial charge in [-0.2, -0.15) is 0 Å². The number of carboxylic acid groups (broad SMARTS) is 1. The van der Waals surface area contributed by atoms with Gasteiger partial charge in [-0.1, -0.05) is 17.7 Å². The predicted octanol–water partition coefficient (Wildman–Crippen LogP) is 2.19. The van der Waals surface area contributed by atoms with Gasteiger partial charge in [0.2, 0.25) is 0 Å². The summed E-state index contributed by atoms with van der Waals surface area (Å²) in [4.78, 5) is 34.9. The van der Waals surface area contributed by atoms with Crippen LogP contribution in [0.3, 0.4) is 0 Å². The Labute approximate surface area is 125 Å². The van der Waals surface area contributed by atoms with Crippen LogP contribution in [0, 0.1) is 16.0 Å². The smallest absolute Gasteiger partial charge is 0.303 e. The first-order valence-electron chi connectivity index (χ1n) is 6.34. The first-order chi connectivity index (χ1) is 9.90. The Kier molecular flexibility index (Phi) is 4.42. The highest BCUT2D eigenvalue weighted by molar-refractivity contribution is 6.33. The van der Waals surface area contributed by atoms with Crippen molar-refractivity contribution < 1.29 is 19.6 Å². The molecule has 1 N–H and O–H groups in total. The standard InChI is InChI=1S/C13H13ClN2O5/c14-10-3-1-2-9(12(10)16(20)21)13(19)15-5-4-8(7-15)6-11(17)18/h1-3,8H,4-7H2,(H,17,18). The molecular weight excluding hydrogens is 300 g/mol. The number of para-hydroxylation sites is 1. The van der Waals surface area contributed by atoms with Gasteiger partial charge in [0.25, 0.3) is 5.91 Å². The Morgan fingerprint density at radius 3 is 2.81 bits per heavy atom. The molecule has 112 valence electrons. The van der Waals surface area contributed by atoms with Crippen LogP contribution in [0.2, 0.25) is 5.02 Å². The fourth-order valence-corrected chi connectivity index (χ4v) is 2.72. The molecule has 1 fully saturated rings. The fourth-order valence-electron chi connectivity index (χ4n) is 2.47. The zero-order valence-electron chi connectivity index (χ0n) is 11.0. The molecule has 1 heterocycles. The number of amides is 1. The van der Waals surface area contributed by atoms with Crippen molar-refractivity contribution in [1.82, 2.24) is 4.90 Å². The van der Waals surface area contributed by atoms with E-state index in [9.17, 15) is 19.7 Å². The van der Waals surface area contributed by atoms with E-state index in [2.05, 4.69) is 0 Å². The molecule has 0 saturated carbocycles. The second-order valence-corrected chi connectivity index (χ2v) is 5.30. The topological polar surface area (TPSA) is 101 Å². The molecule has 21 heavy (non-hydrogen) atoms. The van der Waals surface area contributed by atoms with Crippen LogP contribution in [-0.4, -0.2) is 39.9 Å². The van der Waals surface area contributed by atoms with Gasteiger partial charge in [0.1, 0.15) is 10.6 Å². The molecule has 2 rings (SSSR count). The molecule has 8 heteroatoms. The summed E-state index contributed by atoms with van der Waals surface area (Å²) in [5, 5.41) is 19.7. The number of halogens is 1. The SMILES string of the molecule is O=C(O)CC1CCN(C(=O)c2cccc(Cl)c2[N+](=O)[O-])C1. The number of hydrogen-bond donors (Lipinski definition) is 1. The van der Waals surface area contributed by atoms with Gasteiger partial charge in [-0.15, -0.1) is 0 Å². The fraction of sp³-hybridized carbons (Fsp3) is 0.385. The van der Waals surface area contributed by atoms with Crippen LogP contribution in [0.1, 0.15) is 23.2 Å². The van der Waals surface area contributed by atoms with E-state index in [0.717, 1.165) is 0 Å². The van der Waals surface area contributed by atoms with Crippen molar-refractivity contribution in [3.8, 4) is 0 Å². The van der Waals surface area contributed by atoms with Crippen LogP contribution >= 0.6 is 11.6 Å². The zero-order chi connectivity index (χ0) is 15.6. The van der Waals surface area contributed by atoms with Crippen molar-refractivity contribution in [2.75, 3.05) is 13.1 Å². The van der Waals surface area contributed by atoms with Crippen LogP contribution in [-0.2, 0) is 4.79 Å². The maximum Gasteiger partial charge on any atom is 0.303 e. The van der Waals surface area contributed by atoms with Crippen molar-refractivity contribution in [1.29, 1.82) is 0 Å². The van der Waals surface area contributed by atoms with Gasteiger partial charge < -0.3 is 10.0 Å². The summed E-state index contributed by atoms with van der Waals surface area (Å²) in [5.41, 5.74) is -0.477. The largest absolute Gasteiger partial charge is 0.481 e. The molecule has 0 aromatic heterocycles. The van der Waals surface area contributed by atoms with Gasteiger partial charge in [-0.3, -0.25) is 19.7 Å². The number of hydrogen-bond acceptors (Lipinski definition) is 4. The Morgan fingerprint density at radius 1 is 1.48 bits per heavy atom. The van der Waals surface area contributed by atoms with Crippen molar-refractivity contribution in [2.24, 2.45) is 5.92 Å². The maximum absolute atomic E-state index is 12.4. The second-order valence-electron chi connectivity index (χ2n) is 4.90. The number of nitro groups is 1. The lowest BCUT2D eigenvalue weighted by Crippen LogP contribution is -2.29. The molecule has 0 aliphatic carbocycles. The van der Waals surface area contributed by atoms with Crippen LogP contribution in [0.25, 0.3) is 0 Å². The van der Waals surface area contributed by atoms with Crippen LogP contribution in [0.5, 0.6) is 0 Å². The monoisotopic (exact) mass is 312 g/mol. The first-order valence-corrected chi connectivity index (χ1v) is 6.72. The molecule has 1 amide bonds. The van der Waals surface area contributed by atoms with Gasteiger partial charge >= 0.3 is 11.7 Å². The quantitative estimate of drug-likeness (QED) is 0.678. The Hall–Kier alpha value is -2.15. The Morgan fingerprint density at radius 2 is 2.19 bits per heavy atom. The first kappa shape index (κ1) is 15.2. The third kappa shape index (κ3) is 3.30. The number of rotatable bonds is 4. The van der Waals surface area contributed by atoms with E-state index < -0.39 is 22.5 Å². The van der Waals surface area contributed by atoms with Crippen molar-refractivity contribution in [3.63, 3.8) is 0 Å². The van der Waals surface area contributed by atoms with E-state index in [0.29, 0.717) is 13.0 Å². The minimum absolute atomic E-state index is 0.0125. The number of likely N-dealkylation sites (tertiary alicyclic amines) is 1. The summed E-state index contributed by atoms with van der Waals surface area (Å²) in [5.74, 6) is -1.52. The van der Waals surface area contributed by atoms with Crippen LogP contribution in [0.4, 0.5) is 5.69 Å². The van der Waals surface area contributed by atoms with Gasteiger partial charge in [-0.05, 0) is 24.5 Å². The van der Waals surface area contributed by atoms with Crippen LogP contribution < -0.4 is 0 Å². The molecule has 0 radical (unpaired) electrons. The molecule has 0 bridgehead atoms. The minimum atomic E-state index is -0.914. The number of carboxylic acids is 1. The predicted molar refractivity (Wildman–Crippen MR) is 74.4 cm³/mol. The average Bonchev–Trinajstić information content (AvgIpc) is 2.84. The number of carbonyl (C=O) groups is 2. The van der Waals surface area contributed by atoms with Crippen molar-refractivity contribution in [2.45, 2.75) is 12.8 Å². The van der Waals surface area contributed by atoms with E-state index in [-0.39, 0.29) is 29.5 Å². The third-order valence-corrected chi connectivity index (χ3v) is 3.74. The summed E-state index contributed by atoms with van der Waals surface area (Å²) < 4.78 is 0. The number of nitrogens with zero attached hydrogens (tertiary/aromatic N) is 2. The summed E-state index contributed by atoms with van der Waals surface area (Å²) in [7, 11) is 0. The lowest BCUT2D eigenvalue weighted by molar-refractivity contribution is -0.385. The molecule has 1 aromatic rings. The summed E-state index contributed by atoms with van der Waals surface area (Å²) in [6.07, 6.45) is 0.563. The molecule has 7 nitrogen and oxygen atoms in total.